The van der Waals surface area contributed by atoms with Crippen LogP contribution in [0.4, 0.5) is 5.69 Å². The van der Waals surface area contributed by atoms with Gasteiger partial charge < -0.3 is 4.74 Å². The Kier molecular flexibility index (Phi) is 5.64. The van der Waals surface area contributed by atoms with Gasteiger partial charge in [0.25, 0.3) is 0 Å². The molecule has 0 atom stereocenters. The maximum absolute atomic E-state index is 12.0. The Morgan fingerprint density at radius 2 is 1.70 bits per heavy atom. The number of fused-ring (bicyclic) bond motifs is 2. The van der Waals surface area contributed by atoms with E-state index in [9.17, 15) is 8.42 Å². The minimum Gasteiger partial charge on any atom is -0.497 e. The molecule has 0 heterocycles. The van der Waals surface area contributed by atoms with Crippen LogP contribution in [0.3, 0.4) is 0 Å². The zero-order valence-electron chi connectivity index (χ0n) is 17.2. The molecule has 0 fully saturated rings. The van der Waals surface area contributed by atoms with Gasteiger partial charge in [-0.1, -0.05) is 42.5 Å². The molecule has 30 heavy (non-hydrogen) atoms. The summed E-state index contributed by atoms with van der Waals surface area (Å²) in [5, 5.41) is 0. The lowest BCUT2D eigenvalue weighted by Crippen LogP contribution is -2.14. The van der Waals surface area contributed by atoms with Crippen molar-refractivity contribution in [2.75, 3.05) is 17.6 Å². The number of hydrogen-bond donors (Lipinski definition) is 1. The average molecular weight is 420 g/mol. The molecule has 1 N–H and O–H groups in total. The number of rotatable bonds is 5. The average Bonchev–Trinajstić information content (AvgIpc) is 2.91. The fourth-order valence-corrected chi connectivity index (χ4v) is 4.48. The Balaban J connectivity index is 1.84. The molecule has 0 aromatic heterocycles. The Morgan fingerprint density at radius 1 is 0.933 bits per heavy atom. The molecule has 0 amide bonds. The van der Waals surface area contributed by atoms with Crippen LogP contribution in [0.1, 0.15) is 34.7 Å². The lowest BCUT2D eigenvalue weighted by molar-refractivity contribution is 0.414. The Bertz CT molecular complexity index is 1210. The molecule has 1 aliphatic carbocycles. The number of hydrogen-bond acceptors (Lipinski definition) is 3. The van der Waals surface area contributed by atoms with Crippen LogP contribution >= 0.6 is 0 Å². The molecule has 0 radical (unpaired) electrons. The van der Waals surface area contributed by atoms with Gasteiger partial charge in [-0.25, -0.2) is 8.42 Å². The summed E-state index contributed by atoms with van der Waals surface area (Å²) < 4.78 is 32.0. The zero-order valence-corrected chi connectivity index (χ0v) is 18.0. The van der Waals surface area contributed by atoms with Crippen molar-refractivity contribution >= 4 is 27.4 Å². The van der Waals surface area contributed by atoms with Crippen molar-refractivity contribution in [1.82, 2.24) is 0 Å². The molecule has 0 aliphatic heterocycles. The normalized spacial score (nSPS) is 14.5. The molecule has 1 aliphatic rings. The van der Waals surface area contributed by atoms with E-state index >= 15 is 0 Å². The number of nitrogens with one attached hydrogen (secondary N) is 1. The van der Waals surface area contributed by atoms with Crippen molar-refractivity contribution in [2.24, 2.45) is 0 Å². The Morgan fingerprint density at radius 3 is 2.50 bits per heavy atom. The Labute approximate surface area is 178 Å². The van der Waals surface area contributed by atoms with E-state index in [2.05, 4.69) is 47.2 Å². The lowest BCUT2D eigenvalue weighted by Gasteiger charge is -2.14. The van der Waals surface area contributed by atoms with Crippen LogP contribution in [0.15, 0.2) is 66.7 Å². The fourth-order valence-electron chi connectivity index (χ4n) is 3.85. The molecular weight excluding hydrogens is 394 g/mol. The summed E-state index contributed by atoms with van der Waals surface area (Å²) in [6.07, 6.45) is 4.04. The van der Waals surface area contributed by atoms with Crippen LogP contribution in [-0.2, 0) is 22.9 Å². The maximum Gasteiger partial charge on any atom is 0.232 e. The number of benzene rings is 3. The number of methoxy groups -OCH3 is 1. The van der Waals surface area contributed by atoms with Crippen LogP contribution in [0.25, 0.3) is 11.6 Å². The van der Waals surface area contributed by atoms with Crippen LogP contribution in [-0.4, -0.2) is 21.3 Å². The van der Waals surface area contributed by atoms with Gasteiger partial charge in [-0.15, -0.1) is 0 Å². The minimum atomic E-state index is -3.32. The zero-order chi connectivity index (χ0) is 21.1. The van der Waals surface area contributed by atoms with Crippen LogP contribution in [0, 0.1) is 0 Å². The smallest absolute Gasteiger partial charge is 0.232 e. The summed E-state index contributed by atoms with van der Waals surface area (Å²) in [7, 11) is -1.63. The summed E-state index contributed by atoms with van der Waals surface area (Å²) >= 11 is 0. The van der Waals surface area contributed by atoms with Gasteiger partial charge in [0, 0.05) is 5.69 Å². The van der Waals surface area contributed by atoms with Gasteiger partial charge in [-0.05, 0) is 83.5 Å². The van der Waals surface area contributed by atoms with Gasteiger partial charge in [0.2, 0.25) is 10.0 Å². The van der Waals surface area contributed by atoms with E-state index in [0.29, 0.717) is 5.69 Å². The largest absolute Gasteiger partial charge is 0.497 e. The molecule has 4 rings (SSSR count). The molecule has 0 bridgehead atoms. The predicted octanol–water partition coefficient (Wildman–Crippen LogP) is 5.14. The van der Waals surface area contributed by atoms with E-state index in [0.717, 1.165) is 29.7 Å². The van der Waals surface area contributed by atoms with Crippen molar-refractivity contribution in [3.63, 3.8) is 0 Å². The quantitative estimate of drug-likeness (QED) is 0.623. The summed E-state index contributed by atoms with van der Waals surface area (Å²) in [5.74, 6) is 0.899. The van der Waals surface area contributed by atoms with E-state index in [1.807, 2.05) is 24.3 Å². The van der Waals surface area contributed by atoms with E-state index in [-0.39, 0.29) is 5.75 Å². The van der Waals surface area contributed by atoms with Gasteiger partial charge in [-0.2, -0.15) is 0 Å². The first-order chi connectivity index (χ1) is 14.5. The van der Waals surface area contributed by atoms with Crippen LogP contribution in [0.5, 0.6) is 5.75 Å². The highest BCUT2D eigenvalue weighted by molar-refractivity contribution is 7.92. The van der Waals surface area contributed by atoms with Crippen molar-refractivity contribution < 1.29 is 13.2 Å². The van der Waals surface area contributed by atoms with Crippen molar-refractivity contribution in [1.29, 1.82) is 0 Å². The van der Waals surface area contributed by atoms with E-state index in [1.54, 1.807) is 20.1 Å². The summed E-state index contributed by atoms with van der Waals surface area (Å²) in [5.41, 5.74) is 7.60. The standard InChI is InChI=1S/C25H25NO3S/c1-3-30(27,28)26-21-9-6-7-18(15-21)16-25-23-10-5-4-8-19(23)11-12-20-17-22(29-2)13-14-24(20)25/h4-10,13-17,26H,3,11-12H2,1-2H3. The molecule has 3 aromatic rings. The number of sulfonamides is 1. The van der Waals surface area contributed by atoms with Crippen molar-refractivity contribution in [3.05, 3.63) is 94.5 Å². The van der Waals surface area contributed by atoms with Gasteiger partial charge in [-0.3, -0.25) is 4.72 Å². The molecule has 0 unspecified atom stereocenters. The topological polar surface area (TPSA) is 55.4 Å². The van der Waals surface area contributed by atoms with Gasteiger partial charge in [0.1, 0.15) is 5.75 Å². The third-order valence-electron chi connectivity index (χ3n) is 5.42. The second-order valence-electron chi connectivity index (χ2n) is 7.37. The monoisotopic (exact) mass is 419 g/mol. The first-order valence-electron chi connectivity index (χ1n) is 10.1. The van der Waals surface area contributed by atoms with Crippen LogP contribution < -0.4 is 9.46 Å². The van der Waals surface area contributed by atoms with Crippen molar-refractivity contribution in [2.45, 2.75) is 19.8 Å². The summed E-state index contributed by atoms with van der Waals surface area (Å²) in [4.78, 5) is 0. The molecule has 0 spiro atoms. The highest BCUT2D eigenvalue weighted by Gasteiger charge is 2.18. The number of aryl methyl sites for hydroxylation is 2. The SMILES string of the molecule is CCS(=O)(=O)Nc1cccc(C=C2c3ccccc3CCc3cc(OC)ccc32)c1. The molecule has 0 saturated heterocycles. The Hall–Kier alpha value is -3.05. The lowest BCUT2D eigenvalue weighted by atomic mass is 9.92. The summed E-state index contributed by atoms with van der Waals surface area (Å²) in [6.45, 7) is 1.63. The fraction of sp³-hybridized carbons (Fsp3) is 0.200. The molecule has 5 heteroatoms. The van der Waals surface area contributed by atoms with E-state index in [1.165, 1.54) is 22.3 Å². The highest BCUT2D eigenvalue weighted by atomic mass is 32.2. The number of anilines is 1. The molecule has 154 valence electrons. The van der Waals surface area contributed by atoms with Crippen LogP contribution in [0.2, 0.25) is 0 Å². The van der Waals surface area contributed by atoms with Gasteiger partial charge in [0.05, 0.1) is 12.9 Å². The second kappa shape index (κ2) is 8.36. The van der Waals surface area contributed by atoms with Gasteiger partial charge >= 0.3 is 0 Å². The number of ether oxygens (including phenoxy) is 1. The third kappa shape index (κ3) is 4.26. The first-order valence-corrected chi connectivity index (χ1v) is 11.7. The maximum atomic E-state index is 12.0. The summed E-state index contributed by atoms with van der Waals surface area (Å²) in [6, 6.07) is 22.2. The third-order valence-corrected chi connectivity index (χ3v) is 6.73. The molecule has 0 saturated carbocycles. The molecule has 3 aromatic carbocycles. The first kappa shape index (κ1) is 20.2. The highest BCUT2D eigenvalue weighted by Crippen LogP contribution is 2.36. The minimum absolute atomic E-state index is 0.0426. The van der Waals surface area contributed by atoms with Gasteiger partial charge in [0.15, 0.2) is 0 Å². The second-order valence-corrected chi connectivity index (χ2v) is 9.38. The predicted molar refractivity (Wildman–Crippen MR) is 123 cm³/mol. The van der Waals surface area contributed by atoms with E-state index in [4.69, 9.17) is 4.74 Å². The molecule has 4 nitrogen and oxygen atoms in total. The molecular formula is C25H25NO3S. The van der Waals surface area contributed by atoms with Crippen molar-refractivity contribution in [3.8, 4) is 5.75 Å². The van der Waals surface area contributed by atoms with E-state index < -0.39 is 10.0 Å².